The van der Waals surface area contributed by atoms with Gasteiger partial charge in [0.25, 0.3) is 5.91 Å². The monoisotopic (exact) mass is 283 g/mol. The quantitative estimate of drug-likeness (QED) is 0.771. The number of benzene rings is 2. The number of hydrogen-bond acceptors (Lipinski definition) is 3. The van der Waals surface area contributed by atoms with Crippen molar-refractivity contribution in [1.82, 2.24) is 0 Å². The Kier molecular flexibility index (Phi) is 4.68. The minimum Gasteiger partial charge on any atom is -0.366 e. The molecule has 0 aromatic heterocycles. The summed E-state index contributed by atoms with van der Waals surface area (Å²) in [7, 11) is 0. The second-order valence-corrected chi connectivity index (χ2v) is 4.70. The summed E-state index contributed by atoms with van der Waals surface area (Å²) < 4.78 is 0. The highest BCUT2D eigenvalue weighted by atomic mass is 16.2. The van der Waals surface area contributed by atoms with Crippen molar-refractivity contribution in [1.29, 1.82) is 0 Å². The molecule has 1 atom stereocenters. The predicted molar refractivity (Wildman–Crippen MR) is 81.7 cm³/mol. The first-order valence-electron chi connectivity index (χ1n) is 6.57. The number of rotatable bonds is 5. The summed E-state index contributed by atoms with van der Waals surface area (Å²) in [4.78, 5) is 23.4. The maximum atomic E-state index is 12.1. The third-order valence-corrected chi connectivity index (χ3v) is 3.09. The fraction of sp³-hybridized carbons (Fsp3) is 0.125. The van der Waals surface area contributed by atoms with E-state index in [9.17, 15) is 9.59 Å². The number of carbonyl (C=O) groups is 2. The molecular weight excluding hydrogens is 266 g/mol. The van der Waals surface area contributed by atoms with Gasteiger partial charge in [-0.15, -0.1) is 0 Å². The van der Waals surface area contributed by atoms with Crippen molar-refractivity contribution in [3.63, 3.8) is 0 Å². The smallest absolute Gasteiger partial charge is 0.250 e. The minimum absolute atomic E-state index is 0.262. The molecule has 5 nitrogen and oxygen atoms in total. The van der Waals surface area contributed by atoms with Crippen molar-refractivity contribution in [2.24, 2.45) is 11.5 Å². The van der Waals surface area contributed by atoms with E-state index in [1.165, 1.54) is 0 Å². The summed E-state index contributed by atoms with van der Waals surface area (Å²) in [5.41, 5.74) is 12.8. The van der Waals surface area contributed by atoms with Gasteiger partial charge in [-0.2, -0.15) is 0 Å². The van der Waals surface area contributed by atoms with Gasteiger partial charge in [0, 0.05) is 0 Å². The van der Waals surface area contributed by atoms with Gasteiger partial charge in [-0.3, -0.25) is 9.59 Å². The molecule has 2 aromatic rings. The van der Waals surface area contributed by atoms with Crippen LogP contribution >= 0.6 is 0 Å². The summed E-state index contributed by atoms with van der Waals surface area (Å²) in [5, 5.41) is 2.65. The van der Waals surface area contributed by atoms with Gasteiger partial charge < -0.3 is 16.8 Å². The molecule has 5 heteroatoms. The molecule has 1 unspecified atom stereocenters. The summed E-state index contributed by atoms with van der Waals surface area (Å²) in [6.45, 7) is 0. The van der Waals surface area contributed by atoms with Gasteiger partial charge in [0.2, 0.25) is 5.91 Å². The molecule has 2 amide bonds. The highest BCUT2D eigenvalue weighted by Gasteiger charge is 2.16. The van der Waals surface area contributed by atoms with Crippen LogP contribution in [0.2, 0.25) is 0 Å². The van der Waals surface area contributed by atoms with Gasteiger partial charge in [-0.05, 0) is 24.1 Å². The summed E-state index contributed by atoms with van der Waals surface area (Å²) >= 11 is 0. The van der Waals surface area contributed by atoms with Crippen LogP contribution in [-0.2, 0) is 11.2 Å². The third kappa shape index (κ3) is 3.90. The van der Waals surface area contributed by atoms with Crippen LogP contribution in [0.15, 0.2) is 54.6 Å². The third-order valence-electron chi connectivity index (χ3n) is 3.09. The molecule has 0 saturated carbocycles. The van der Waals surface area contributed by atoms with Crippen LogP contribution in [0.4, 0.5) is 5.69 Å². The van der Waals surface area contributed by atoms with Crippen molar-refractivity contribution in [2.45, 2.75) is 12.5 Å². The van der Waals surface area contributed by atoms with Crippen LogP contribution in [0.25, 0.3) is 0 Å². The fourth-order valence-electron chi connectivity index (χ4n) is 1.99. The lowest BCUT2D eigenvalue weighted by molar-refractivity contribution is -0.117. The molecule has 21 heavy (non-hydrogen) atoms. The van der Waals surface area contributed by atoms with Gasteiger partial charge in [-0.25, -0.2) is 0 Å². The molecule has 0 spiro atoms. The Morgan fingerprint density at radius 2 is 1.62 bits per heavy atom. The molecule has 0 aliphatic carbocycles. The van der Waals surface area contributed by atoms with Crippen molar-refractivity contribution in [3.05, 3.63) is 65.7 Å². The first kappa shape index (κ1) is 14.7. The Balaban J connectivity index is 2.06. The molecule has 0 aliphatic rings. The lowest BCUT2D eigenvalue weighted by atomic mass is 10.1. The van der Waals surface area contributed by atoms with Crippen LogP contribution in [-0.4, -0.2) is 17.9 Å². The molecule has 108 valence electrons. The predicted octanol–water partition coefficient (Wildman–Crippen LogP) is 1.29. The van der Waals surface area contributed by atoms with Crippen molar-refractivity contribution < 1.29 is 9.59 Å². The summed E-state index contributed by atoms with van der Waals surface area (Å²) in [6, 6.07) is 15.4. The largest absolute Gasteiger partial charge is 0.366 e. The van der Waals surface area contributed by atoms with E-state index in [-0.39, 0.29) is 11.5 Å². The topological polar surface area (TPSA) is 98.2 Å². The SMILES string of the molecule is NC(=O)c1ccccc1NC(=O)C(N)Cc1ccccc1. The van der Waals surface area contributed by atoms with Crippen molar-refractivity contribution >= 4 is 17.5 Å². The zero-order chi connectivity index (χ0) is 15.2. The van der Waals surface area contributed by atoms with Crippen LogP contribution < -0.4 is 16.8 Å². The standard InChI is InChI=1S/C16H17N3O2/c17-13(10-11-6-2-1-3-7-11)16(21)19-14-9-5-4-8-12(14)15(18)20/h1-9,13H,10,17H2,(H2,18,20)(H,19,21). The average Bonchev–Trinajstić information content (AvgIpc) is 2.48. The molecule has 0 radical (unpaired) electrons. The zero-order valence-electron chi connectivity index (χ0n) is 11.5. The molecule has 5 N–H and O–H groups in total. The Labute approximate surface area is 123 Å². The first-order valence-corrected chi connectivity index (χ1v) is 6.57. The van der Waals surface area contributed by atoms with Crippen LogP contribution in [0.3, 0.4) is 0 Å². The highest BCUT2D eigenvalue weighted by Crippen LogP contribution is 2.14. The molecular formula is C16H17N3O2. The van der Waals surface area contributed by atoms with E-state index >= 15 is 0 Å². The van der Waals surface area contributed by atoms with E-state index in [4.69, 9.17) is 11.5 Å². The number of para-hydroxylation sites is 1. The maximum Gasteiger partial charge on any atom is 0.250 e. The normalized spacial score (nSPS) is 11.7. The molecule has 0 fully saturated rings. The first-order chi connectivity index (χ1) is 10.1. The van der Waals surface area contributed by atoms with Gasteiger partial charge in [0.1, 0.15) is 0 Å². The number of anilines is 1. The second kappa shape index (κ2) is 6.67. The zero-order valence-corrected chi connectivity index (χ0v) is 11.5. The van der Waals surface area contributed by atoms with E-state index in [1.54, 1.807) is 24.3 Å². The van der Waals surface area contributed by atoms with Gasteiger partial charge in [0.05, 0.1) is 17.3 Å². The number of primary amides is 1. The van der Waals surface area contributed by atoms with Gasteiger partial charge in [-0.1, -0.05) is 42.5 Å². The number of nitrogens with one attached hydrogen (secondary N) is 1. The molecule has 2 rings (SSSR count). The second-order valence-electron chi connectivity index (χ2n) is 4.70. The van der Waals surface area contributed by atoms with E-state index in [2.05, 4.69) is 5.32 Å². The summed E-state index contributed by atoms with van der Waals surface area (Å²) in [5.74, 6) is -0.949. The van der Waals surface area contributed by atoms with Crippen LogP contribution in [0, 0.1) is 0 Å². The van der Waals surface area contributed by atoms with Gasteiger partial charge in [0.15, 0.2) is 0 Å². The lowest BCUT2D eigenvalue weighted by Gasteiger charge is -2.14. The van der Waals surface area contributed by atoms with Crippen LogP contribution in [0.1, 0.15) is 15.9 Å². The lowest BCUT2D eigenvalue weighted by Crippen LogP contribution is -2.37. The van der Waals surface area contributed by atoms with E-state index in [0.29, 0.717) is 12.1 Å². The molecule has 2 aromatic carbocycles. The Morgan fingerprint density at radius 3 is 2.29 bits per heavy atom. The Morgan fingerprint density at radius 1 is 1.00 bits per heavy atom. The fourth-order valence-corrected chi connectivity index (χ4v) is 1.99. The summed E-state index contributed by atoms with van der Waals surface area (Å²) in [6.07, 6.45) is 0.422. The Hall–Kier alpha value is -2.66. The van der Waals surface area contributed by atoms with Crippen molar-refractivity contribution in [3.8, 4) is 0 Å². The molecule has 0 aliphatic heterocycles. The van der Waals surface area contributed by atoms with Gasteiger partial charge >= 0.3 is 0 Å². The van der Waals surface area contributed by atoms with Crippen molar-refractivity contribution in [2.75, 3.05) is 5.32 Å². The van der Waals surface area contributed by atoms with E-state index in [0.717, 1.165) is 5.56 Å². The Bertz CT molecular complexity index is 641. The van der Waals surface area contributed by atoms with E-state index in [1.807, 2.05) is 30.3 Å². The van der Waals surface area contributed by atoms with E-state index < -0.39 is 11.9 Å². The number of carbonyl (C=O) groups excluding carboxylic acids is 2. The van der Waals surface area contributed by atoms with Crippen LogP contribution in [0.5, 0.6) is 0 Å². The average molecular weight is 283 g/mol. The molecule has 0 bridgehead atoms. The molecule has 0 heterocycles. The number of amides is 2. The number of hydrogen-bond donors (Lipinski definition) is 3. The minimum atomic E-state index is -0.701. The number of nitrogens with two attached hydrogens (primary N) is 2. The highest BCUT2D eigenvalue weighted by molar-refractivity contribution is 6.04. The molecule has 0 saturated heterocycles. The maximum absolute atomic E-state index is 12.1.